The van der Waals surface area contributed by atoms with Gasteiger partial charge in [0.15, 0.2) is 0 Å². The van der Waals surface area contributed by atoms with Crippen LogP contribution in [-0.4, -0.2) is 17.6 Å². The van der Waals surface area contributed by atoms with Crippen molar-refractivity contribution in [1.29, 1.82) is 0 Å². The van der Waals surface area contributed by atoms with Crippen molar-refractivity contribution < 1.29 is 0 Å². The number of aryl methyl sites for hydroxylation is 1. The van der Waals surface area contributed by atoms with Crippen LogP contribution in [0, 0.1) is 6.92 Å². The minimum Gasteiger partial charge on any atom is -0.384 e. The number of rotatable bonds is 6. The maximum Gasteiger partial charge on any atom is 0.123 e. The molecule has 3 heteroatoms. The van der Waals surface area contributed by atoms with Gasteiger partial charge in [0.2, 0.25) is 0 Å². The van der Waals surface area contributed by atoms with Crippen LogP contribution in [0.1, 0.15) is 23.6 Å². The largest absolute Gasteiger partial charge is 0.384 e. The van der Waals surface area contributed by atoms with E-state index in [0.717, 1.165) is 19.4 Å². The maximum atomic E-state index is 5.75. The molecule has 0 saturated heterocycles. The molecule has 0 fully saturated rings. The molecule has 3 N–H and O–H groups in total. The first-order valence-corrected chi connectivity index (χ1v) is 7.16. The van der Waals surface area contributed by atoms with Crippen LogP contribution >= 0.6 is 0 Å². The number of nitrogens with one attached hydrogen (secondary N) is 1. The van der Waals surface area contributed by atoms with E-state index in [1.54, 1.807) is 6.20 Å². The zero-order valence-electron chi connectivity index (χ0n) is 12.3. The standard InChI is InChI=1S/C17H23N3/c1-3-19-16(10-14-6-4-5-13(2)9-14)11-15-7-8-20-17(18)12-15/h4-9,12,16,19H,3,10-11H2,1-2H3,(H2,18,20). The quantitative estimate of drug-likeness (QED) is 0.848. The van der Waals surface area contributed by atoms with Gasteiger partial charge < -0.3 is 11.1 Å². The van der Waals surface area contributed by atoms with Crippen molar-refractivity contribution in [2.24, 2.45) is 0 Å². The number of pyridine rings is 1. The van der Waals surface area contributed by atoms with Gasteiger partial charge in [-0.15, -0.1) is 0 Å². The topological polar surface area (TPSA) is 50.9 Å². The molecule has 0 bridgehead atoms. The van der Waals surface area contributed by atoms with Crippen LogP contribution in [-0.2, 0) is 12.8 Å². The van der Waals surface area contributed by atoms with Crippen LogP contribution in [0.25, 0.3) is 0 Å². The molecule has 106 valence electrons. The Morgan fingerprint density at radius 3 is 2.55 bits per heavy atom. The summed E-state index contributed by atoms with van der Waals surface area (Å²) in [6.07, 6.45) is 3.77. The zero-order valence-corrected chi connectivity index (χ0v) is 12.3. The molecule has 1 heterocycles. The van der Waals surface area contributed by atoms with E-state index in [0.29, 0.717) is 11.9 Å². The fraction of sp³-hybridized carbons (Fsp3) is 0.353. The molecule has 0 aliphatic heterocycles. The average molecular weight is 269 g/mol. The van der Waals surface area contributed by atoms with Gasteiger partial charge >= 0.3 is 0 Å². The Morgan fingerprint density at radius 1 is 1.15 bits per heavy atom. The van der Waals surface area contributed by atoms with Crippen LogP contribution in [0.3, 0.4) is 0 Å². The monoisotopic (exact) mass is 269 g/mol. The van der Waals surface area contributed by atoms with Crippen molar-refractivity contribution in [3.63, 3.8) is 0 Å². The van der Waals surface area contributed by atoms with Crippen molar-refractivity contribution in [3.8, 4) is 0 Å². The van der Waals surface area contributed by atoms with E-state index in [9.17, 15) is 0 Å². The lowest BCUT2D eigenvalue weighted by Crippen LogP contribution is -2.33. The Bertz CT molecular complexity index is 504. The number of nitrogens with two attached hydrogens (primary N) is 1. The summed E-state index contributed by atoms with van der Waals surface area (Å²) in [6.45, 7) is 5.25. The van der Waals surface area contributed by atoms with Crippen LogP contribution < -0.4 is 11.1 Å². The molecule has 2 rings (SSSR count). The highest BCUT2D eigenvalue weighted by atomic mass is 14.9. The molecule has 0 saturated carbocycles. The molecule has 0 spiro atoms. The molecule has 20 heavy (non-hydrogen) atoms. The highest BCUT2D eigenvalue weighted by Crippen LogP contribution is 2.12. The first-order chi connectivity index (χ1) is 9.67. The summed E-state index contributed by atoms with van der Waals surface area (Å²) in [5, 5.41) is 3.56. The summed E-state index contributed by atoms with van der Waals surface area (Å²) in [5.41, 5.74) is 9.67. The fourth-order valence-corrected chi connectivity index (χ4v) is 2.53. The molecule has 3 nitrogen and oxygen atoms in total. The van der Waals surface area contributed by atoms with Crippen LogP contribution in [0.4, 0.5) is 5.82 Å². The Balaban J connectivity index is 2.07. The molecule has 1 atom stereocenters. The number of benzene rings is 1. The predicted octanol–water partition coefficient (Wildman–Crippen LogP) is 2.74. The lowest BCUT2D eigenvalue weighted by Gasteiger charge is -2.18. The Labute approximate surface area is 121 Å². The van der Waals surface area contributed by atoms with E-state index in [1.807, 2.05) is 12.1 Å². The smallest absolute Gasteiger partial charge is 0.123 e. The first kappa shape index (κ1) is 14.5. The van der Waals surface area contributed by atoms with Crippen molar-refractivity contribution >= 4 is 5.82 Å². The molecule has 1 unspecified atom stereocenters. The van der Waals surface area contributed by atoms with E-state index in [4.69, 9.17) is 5.73 Å². The van der Waals surface area contributed by atoms with E-state index < -0.39 is 0 Å². The van der Waals surface area contributed by atoms with Gasteiger partial charge in [-0.1, -0.05) is 36.8 Å². The number of likely N-dealkylation sites (N-methyl/N-ethyl adjacent to an activating group) is 1. The fourth-order valence-electron chi connectivity index (χ4n) is 2.53. The normalized spacial score (nSPS) is 12.3. The van der Waals surface area contributed by atoms with Gasteiger partial charge in [0.25, 0.3) is 0 Å². The van der Waals surface area contributed by atoms with E-state index in [2.05, 4.69) is 48.4 Å². The second-order valence-electron chi connectivity index (χ2n) is 5.24. The SMILES string of the molecule is CCNC(Cc1cccc(C)c1)Cc1ccnc(N)c1. The summed E-state index contributed by atoms with van der Waals surface area (Å²) in [7, 11) is 0. The summed E-state index contributed by atoms with van der Waals surface area (Å²) < 4.78 is 0. The number of hydrogen-bond donors (Lipinski definition) is 2. The Hall–Kier alpha value is -1.87. The summed E-state index contributed by atoms with van der Waals surface area (Å²) in [4.78, 5) is 4.05. The van der Waals surface area contributed by atoms with Gasteiger partial charge in [-0.05, 0) is 49.6 Å². The first-order valence-electron chi connectivity index (χ1n) is 7.16. The Morgan fingerprint density at radius 2 is 1.90 bits per heavy atom. The third-order valence-corrected chi connectivity index (χ3v) is 3.38. The molecule has 0 aliphatic rings. The molecular weight excluding hydrogens is 246 g/mol. The van der Waals surface area contributed by atoms with E-state index in [1.165, 1.54) is 16.7 Å². The second kappa shape index (κ2) is 7.06. The van der Waals surface area contributed by atoms with Gasteiger partial charge in [0.1, 0.15) is 5.82 Å². The van der Waals surface area contributed by atoms with Gasteiger partial charge in [0, 0.05) is 12.2 Å². The number of anilines is 1. The minimum absolute atomic E-state index is 0.420. The summed E-state index contributed by atoms with van der Waals surface area (Å²) in [6, 6.07) is 13.1. The highest BCUT2D eigenvalue weighted by molar-refractivity contribution is 5.32. The number of nitrogens with zero attached hydrogens (tertiary/aromatic N) is 1. The average Bonchev–Trinajstić information content (AvgIpc) is 2.39. The van der Waals surface area contributed by atoms with Gasteiger partial charge in [-0.3, -0.25) is 0 Å². The molecule has 1 aromatic heterocycles. The molecule has 1 aromatic carbocycles. The van der Waals surface area contributed by atoms with Gasteiger partial charge in [-0.2, -0.15) is 0 Å². The summed E-state index contributed by atoms with van der Waals surface area (Å²) >= 11 is 0. The van der Waals surface area contributed by atoms with Crippen molar-refractivity contribution in [2.75, 3.05) is 12.3 Å². The lowest BCUT2D eigenvalue weighted by molar-refractivity contribution is 0.521. The molecular formula is C17H23N3. The van der Waals surface area contributed by atoms with E-state index in [-0.39, 0.29) is 0 Å². The molecule has 2 aromatic rings. The van der Waals surface area contributed by atoms with Crippen LogP contribution in [0.2, 0.25) is 0 Å². The number of nitrogen functional groups attached to an aromatic ring is 1. The third kappa shape index (κ3) is 4.35. The molecule has 0 aliphatic carbocycles. The molecule has 0 radical (unpaired) electrons. The second-order valence-corrected chi connectivity index (χ2v) is 5.24. The predicted molar refractivity (Wildman–Crippen MR) is 84.7 cm³/mol. The Kier molecular flexibility index (Phi) is 5.13. The number of aromatic nitrogens is 1. The van der Waals surface area contributed by atoms with Crippen molar-refractivity contribution in [2.45, 2.75) is 32.7 Å². The van der Waals surface area contributed by atoms with Crippen molar-refractivity contribution in [1.82, 2.24) is 10.3 Å². The summed E-state index contributed by atoms with van der Waals surface area (Å²) in [5.74, 6) is 0.591. The van der Waals surface area contributed by atoms with Crippen molar-refractivity contribution in [3.05, 3.63) is 59.3 Å². The minimum atomic E-state index is 0.420. The van der Waals surface area contributed by atoms with E-state index >= 15 is 0 Å². The van der Waals surface area contributed by atoms with Gasteiger partial charge in [-0.25, -0.2) is 4.98 Å². The highest BCUT2D eigenvalue weighted by Gasteiger charge is 2.10. The number of hydrogen-bond acceptors (Lipinski definition) is 3. The van der Waals surface area contributed by atoms with Crippen LogP contribution in [0.5, 0.6) is 0 Å². The maximum absolute atomic E-state index is 5.75. The zero-order chi connectivity index (χ0) is 14.4. The molecule has 0 amide bonds. The van der Waals surface area contributed by atoms with Gasteiger partial charge in [0.05, 0.1) is 0 Å². The lowest BCUT2D eigenvalue weighted by atomic mass is 9.98. The van der Waals surface area contributed by atoms with Crippen LogP contribution in [0.15, 0.2) is 42.6 Å². The third-order valence-electron chi connectivity index (χ3n) is 3.38.